The molecule has 0 saturated carbocycles. The summed E-state index contributed by atoms with van der Waals surface area (Å²) in [6.45, 7) is 4.63. The van der Waals surface area contributed by atoms with E-state index in [0.717, 1.165) is 15.7 Å². The Kier molecular flexibility index (Phi) is 13.6. The Hall–Kier alpha value is -5.82. The second kappa shape index (κ2) is 18.5. The minimum absolute atomic E-state index is 0.134. The molecule has 0 unspecified atom stereocenters. The Morgan fingerprint density at radius 1 is 0.618 bits per heavy atom. The van der Waals surface area contributed by atoms with Crippen molar-refractivity contribution in [3.05, 3.63) is 183 Å². The van der Waals surface area contributed by atoms with Crippen LogP contribution in [0.2, 0.25) is 15.2 Å². The summed E-state index contributed by atoms with van der Waals surface area (Å²) in [7, 11) is 1.32. The number of carbonyl (C=O) groups is 1. The number of esters is 1. The molecule has 0 fully saturated rings. The molecule has 0 radical (unpaired) electrons. The molecule has 0 bridgehead atoms. The second-order valence-corrected chi connectivity index (χ2v) is 13.2. The highest BCUT2D eigenvalue weighted by molar-refractivity contribution is 6.31. The Morgan fingerprint density at radius 2 is 1.15 bits per heavy atom. The van der Waals surface area contributed by atoms with E-state index in [-0.39, 0.29) is 29.4 Å². The molecule has 2 heterocycles. The number of aromatic nitrogens is 4. The quantitative estimate of drug-likeness (QED) is 0.106. The lowest BCUT2D eigenvalue weighted by molar-refractivity contribution is 0.0600. The fraction of sp³-hybridized carbons (Fsp3) is 0.175. The van der Waals surface area contributed by atoms with Gasteiger partial charge in [0.1, 0.15) is 22.5 Å². The van der Waals surface area contributed by atoms with Crippen molar-refractivity contribution in [2.24, 2.45) is 0 Å². The van der Waals surface area contributed by atoms with E-state index in [0.29, 0.717) is 51.7 Å². The van der Waals surface area contributed by atoms with Crippen LogP contribution in [0.15, 0.2) is 128 Å². The molecule has 0 saturated heterocycles. The van der Waals surface area contributed by atoms with Crippen molar-refractivity contribution < 1.29 is 14.3 Å². The van der Waals surface area contributed by atoms with Crippen molar-refractivity contribution in [2.45, 2.75) is 40.0 Å². The molecule has 0 atom stereocenters. The van der Waals surface area contributed by atoms with Crippen LogP contribution in [0.1, 0.15) is 35.3 Å². The van der Waals surface area contributed by atoms with Crippen LogP contribution in [0, 0.1) is 0 Å². The number of halogens is 3. The van der Waals surface area contributed by atoms with Crippen LogP contribution >= 0.6 is 34.8 Å². The Balaban J connectivity index is 0.000000256. The van der Waals surface area contributed by atoms with Crippen molar-refractivity contribution in [1.29, 1.82) is 0 Å². The summed E-state index contributed by atoms with van der Waals surface area (Å²) < 4.78 is 15.8. The summed E-state index contributed by atoms with van der Waals surface area (Å²) in [5.41, 5.74) is 1.20. The third-order valence-electron chi connectivity index (χ3n) is 8.27. The third-order valence-corrected chi connectivity index (χ3v) is 9.08. The van der Waals surface area contributed by atoms with Gasteiger partial charge in [0, 0.05) is 41.0 Å². The largest absolute Gasteiger partial charge is 0.465 e. The van der Waals surface area contributed by atoms with E-state index in [1.54, 1.807) is 86.6 Å². The number of nitrogens with zero attached hydrogens (tertiary/aromatic N) is 4. The average Bonchev–Trinajstić information content (AvgIpc) is 3.17. The molecular weight excluding hydrogens is 769 g/mol. The molecule has 0 amide bonds. The van der Waals surface area contributed by atoms with Crippen molar-refractivity contribution in [2.75, 3.05) is 12.4 Å². The molecule has 6 rings (SSSR count). The molecule has 0 aliphatic rings. The van der Waals surface area contributed by atoms with Gasteiger partial charge in [0.25, 0.3) is 11.1 Å². The molecule has 6 aromatic rings. The summed E-state index contributed by atoms with van der Waals surface area (Å²) in [5.74, 6) is 0.944. The first-order chi connectivity index (χ1) is 26.4. The van der Waals surface area contributed by atoms with Gasteiger partial charge in [-0.3, -0.25) is 27.9 Å². The molecule has 0 aliphatic heterocycles. The zero-order chi connectivity index (χ0) is 39.6. The SMILES string of the molecule is CCn1c(=O)cc(Cl)n(Cc2ccc(Cl)cc2)c1=O.CCn1c(=O)cc(Nc2ccc(Oc3cccc(C(=O)OC)c3)cc2)n(Cc2ccc(Cl)cc2)c1=O. The van der Waals surface area contributed by atoms with Gasteiger partial charge in [-0.15, -0.1) is 0 Å². The number of nitrogens with one attached hydrogen (secondary N) is 1. The van der Waals surface area contributed by atoms with Gasteiger partial charge < -0.3 is 14.8 Å². The summed E-state index contributed by atoms with van der Waals surface area (Å²) >= 11 is 17.8. The standard InChI is InChI=1S/C27H24ClN3O5.C13H12Cl2N2O2/c1-3-30-25(32)16-24(31(27(30)34)17-18-7-9-20(28)10-8-18)29-21-11-13-22(14-12-21)36-23-6-4-5-19(15-23)26(33)35-2;1-2-16-12(18)7-11(15)17(13(16)19)8-9-3-5-10(14)6-4-9/h4-16,29H,3,17H2,1-2H3;3-7H,2,8H2,1H3. The zero-order valence-electron chi connectivity index (χ0n) is 30.0. The lowest BCUT2D eigenvalue weighted by atomic mass is 10.2. The van der Waals surface area contributed by atoms with Crippen LogP contribution in [0.4, 0.5) is 11.5 Å². The fourth-order valence-electron chi connectivity index (χ4n) is 5.43. The molecule has 2 aromatic heterocycles. The maximum atomic E-state index is 13.1. The van der Waals surface area contributed by atoms with Crippen LogP contribution in [0.5, 0.6) is 11.5 Å². The van der Waals surface area contributed by atoms with Crippen LogP contribution in [0.3, 0.4) is 0 Å². The summed E-state index contributed by atoms with van der Waals surface area (Å²) in [6, 6.07) is 30.6. The van der Waals surface area contributed by atoms with Gasteiger partial charge in [0.05, 0.1) is 25.8 Å². The minimum atomic E-state index is -0.449. The van der Waals surface area contributed by atoms with Gasteiger partial charge in [-0.2, -0.15) is 0 Å². The number of hydrogen-bond donors (Lipinski definition) is 1. The van der Waals surface area contributed by atoms with E-state index in [2.05, 4.69) is 5.32 Å². The summed E-state index contributed by atoms with van der Waals surface area (Å²) in [6.07, 6.45) is 0. The number of rotatable bonds is 11. The predicted octanol–water partition coefficient (Wildman–Crippen LogP) is 7.44. The lowest BCUT2D eigenvalue weighted by Crippen LogP contribution is -2.40. The van der Waals surface area contributed by atoms with E-state index >= 15 is 0 Å². The number of benzene rings is 4. The highest BCUT2D eigenvalue weighted by atomic mass is 35.5. The van der Waals surface area contributed by atoms with E-state index in [1.807, 2.05) is 24.3 Å². The Morgan fingerprint density at radius 3 is 1.69 bits per heavy atom. The van der Waals surface area contributed by atoms with Crippen molar-refractivity contribution in [3.63, 3.8) is 0 Å². The third kappa shape index (κ3) is 10.2. The smallest absolute Gasteiger partial charge is 0.337 e. The van der Waals surface area contributed by atoms with E-state index in [9.17, 15) is 24.0 Å². The molecule has 55 heavy (non-hydrogen) atoms. The second-order valence-electron chi connectivity index (χ2n) is 11.9. The fourth-order valence-corrected chi connectivity index (χ4v) is 5.90. The number of hydrogen-bond acceptors (Lipinski definition) is 8. The minimum Gasteiger partial charge on any atom is -0.465 e. The Bertz CT molecular complexity index is 2530. The molecule has 0 spiro atoms. The zero-order valence-corrected chi connectivity index (χ0v) is 32.3. The lowest BCUT2D eigenvalue weighted by Gasteiger charge is -2.17. The number of ether oxygens (including phenoxy) is 2. The van der Waals surface area contributed by atoms with Crippen LogP contribution in [0.25, 0.3) is 0 Å². The highest BCUT2D eigenvalue weighted by Crippen LogP contribution is 2.25. The van der Waals surface area contributed by atoms with Crippen molar-refractivity contribution in [3.8, 4) is 11.5 Å². The van der Waals surface area contributed by atoms with Crippen LogP contribution in [-0.2, 0) is 30.9 Å². The van der Waals surface area contributed by atoms with Crippen LogP contribution < -0.4 is 32.6 Å². The first kappa shape index (κ1) is 40.4. The normalized spacial score (nSPS) is 10.7. The molecule has 4 aromatic carbocycles. The van der Waals surface area contributed by atoms with E-state index < -0.39 is 17.3 Å². The number of anilines is 2. The van der Waals surface area contributed by atoms with E-state index in [4.69, 9.17) is 44.3 Å². The number of carbonyl (C=O) groups excluding carboxylic acids is 1. The van der Waals surface area contributed by atoms with Crippen molar-refractivity contribution >= 4 is 52.3 Å². The van der Waals surface area contributed by atoms with E-state index in [1.165, 1.54) is 32.9 Å². The highest BCUT2D eigenvalue weighted by Gasteiger charge is 2.13. The van der Waals surface area contributed by atoms with Gasteiger partial charge in [-0.25, -0.2) is 14.4 Å². The maximum Gasteiger partial charge on any atom is 0.337 e. The van der Waals surface area contributed by atoms with Crippen LogP contribution in [-0.4, -0.2) is 31.3 Å². The Labute approximate surface area is 330 Å². The first-order valence-corrected chi connectivity index (χ1v) is 18.1. The predicted molar refractivity (Wildman–Crippen MR) is 215 cm³/mol. The topological polar surface area (TPSA) is 136 Å². The first-order valence-electron chi connectivity index (χ1n) is 17.0. The van der Waals surface area contributed by atoms with Gasteiger partial charge >= 0.3 is 17.3 Å². The van der Waals surface area contributed by atoms with Gasteiger partial charge in [-0.05, 0) is 91.7 Å². The summed E-state index contributed by atoms with van der Waals surface area (Å²) in [4.78, 5) is 61.0. The molecule has 12 nitrogen and oxygen atoms in total. The molecular formula is C40H36Cl3N5O7. The maximum absolute atomic E-state index is 13.1. The van der Waals surface area contributed by atoms with Gasteiger partial charge in [-0.1, -0.05) is 65.1 Å². The summed E-state index contributed by atoms with van der Waals surface area (Å²) in [5, 5.41) is 4.53. The molecule has 0 aliphatic carbocycles. The monoisotopic (exact) mass is 803 g/mol. The van der Waals surface area contributed by atoms with Gasteiger partial charge in [0.2, 0.25) is 0 Å². The molecule has 284 valence electrons. The average molecular weight is 805 g/mol. The van der Waals surface area contributed by atoms with Crippen molar-refractivity contribution in [1.82, 2.24) is 18.3 Å². The molecule has 1 N–H and O–H groups in total. The van der Waals surface area contributed by atoms with Gasteiger partial charge in [0.15, 0.2) is 0 Å². The molecule has 15 heteroatoms. The number of methoxy groups -OCH3 is 1.